The fourth-order valence-corrected chi connectivity index (χ4v) is 2.64. The van der Waals surface area contributed by atoms with Crippen LogP contribution >= 0.6 is 0 Å². The molecule has 25 heavy (non-hydrogen) atoms. The topological polar surface area (TPSA) is 46.5 Å². The van der Waals surface area contributed by atoms with E-state index in [0.29, 0.717) is 6.61 Å². The van der Waals surface area contributed by atoms with Gasteiger partial charge in [0.1, 0.15) is 6.10 Å². The second-order valence-corrected chi connectivity index (χ2v) is 6.78. The maximum atomic E-state index is 11.0. The molecular formula is C21H41NaO3. The van der Waals surface area contributed by atoms with Crippen LogP contribution in [0.1, 0.15) is 104 Å². The Hall–Kier alpha value is 0.170. The number of hydrogen-bond donors (Lipinski definition) is 1. The molecule has 0 saturated heterocycles. The Morgan fingerprint density at radius 3 is 1.76 bits per heavy atom. The van der Waals surface area contributed by atoms with Gasteiger partial charge in [-0.2, -0.15) is 0 Å². The Kier molecular flexibility index (Phi) is 24.3. The molecule has 1 unspecified atom stereocenters. The molecule has 3 nitrogen and oxygen atoms in total. The van der Waals surface area contributed by atoms with Crippen LogP contribution in [0.4, 0.5) is 0 Å². The Balaban J connectivity index is 0. The van der Waals surface area contributed by atoms with Gasteiger partial charge in [0.05, 0.1) is 6.61 Å². The number of esters is 1. The van der Waals surface area contributed by atoms with Crippen LogP contribution in [0.2, 0.25) is 0 Å². The van der Waals surface area contributed by atoms with Crippen molar-refractivity contribution in [2.24, 2.45) is 0 Å². The second-order valence-electron chi connectivity index (χ2n) is 6.78. The summed E-state index contributed by atoms with van der Waals surface area (Å²) < 4.78 is 4.92. The summed E-state index contributed by atoms with van der Waals surface area (Å²) in [6.45, 7) is 4.13. The van der Waals surface area contributed by atoms with E-state index in [9.17, 15) is 4.79 Å². The number of unbranched alkanes of at least 4 members (excludes halogenated alkanes) is 12. The van der Waals surface area contributed by atoms with Crippen LogP contribution in [-0.4, -0.2) is 53.3 Å². The number of hydrogen-bond acceptors (Lipinski definition) is 3. The van der Waals surface area contributed by atoms with Crippen molar-refractivity contribution >= 4 is 35.5 Å². The molecule has 144 valence electrons. The van der Waals surface area contributed by atoms with Crippen LogP contribution in [0.15, 0.2) is 12.2 Å². The number of carbonyl (C=O) groups is 1. The zero-order valence-electron chi connectivity index (χ0n) is 16.1. The van der Waals surface area contributed by atoms with E-state index in [1.165, 1.54) is 84.0 Å². The van der Waals surface area contributed by atoms with Crippen LogP contribution in [0.25, 0.3) is 0 Å². The predicted molar refractivity (Wildman–Crippen MR) is 109 cm³/mol. The molecule has 0 fully saturated rings. The Morgan fingerprint density at radius 2 is 1.28 bits per heavy atom. The Morgan fingerprint density at radius 1 is 0.840 bits per heavy atom. The maximum absolute atomic E-state index is 11.0. The molecule has 1 atom stereocenters. The SMILES string of the molecule is CCCCCCCC/C=C\CCCCCCCCOC(=O)C(C)O.[NaH]. The first-order chi connectivity index (χ1) is 11.7. The third-order valence-corrected chi connectivity index (χ3v) is 4.24. The van der Waals surface area contributed by atoms with E-state index in [2.05, 4.69) is 19.1 Å². The standard InChI is InChI=1S/C21H40O3.Na.H/c1-3-4-5-6-7-8-9-10-11-12-13-14-15-16-17-18-19-24-21(23)20(2)22;;/h10-11,20,22H,3-9,12-19H2,1-2H3;;/b11-10-;;. The molecule has 0 aromatic heterocycles. The summed E-state index contributed by atoms with van der Waals surface area (Å²) >= 11 is 0. The fraction of sp³-hybridized carbons (Fsp3) is 0.857. The average Bonchev–Trinajstić information content (AvgIpc) is 2.57. The van der Waals surface area contributed by atoms with E-state index >= 15 is 0 Å². The van der Waals surface area contributed by atoms with Crippen molar-refractivity contribution in [3.05, 3.63) is 12.2 Å². The second kappa shape index (κ2) is 22.2. The van der Waals surface area contributed by atoms with Gasteiger partial charge in [0.25, 0.3) is 0 Å². The summed E-state index contributed by atoms with van der Waals surface area (Å²) in [4.78, 5) is 11.0. The molecule has 0 heterocycles. The van der Waals surface area contributed by atoms with E-state index in [1.54, 1.807) is 0 Å². The predicted octanol–water partition coefficient (Wildman–Crippen LogP) is 5.30. The quantitative estimate of drug-likeness (QED) is 0.165. The van der Waals surface area contributed by atoms with E-state index in [1.807, 2.05) is 0 Å². The van der Waals surface area contributed by atoms with Gasteiger partial charge in [-0.25, -0.2) is 4.79 Å². The molecule has 0 aliphatic carbocycles. The van der Waals surface area contributed by atoms with Gasteiger partial charge in [0.2, 0.25) is 0 Å². The number of ether oxygens (including phenoxy) is 1. The zero-order valence-corrected chi connectivity index (χ0v) is 16.1. The molecule has 0 radical (unpaired) electrons. The van der Waals surface area contributed by atoms with E-state index < -0.39 is 12.1 Å². The molecule has 0 aromatic rings. The van der Waals surface area contributed by atoms with Crippen molar-refractivity contribution in [2.45, 2.75) is 110 Å². The Bertz CT molecular complexity index is 304. The molecule has 0 aliphatic rings. The zero-order chi connectivity index (χ0) is 17.9. The average molecular weight is 365 g/mol. The van der Waals surface area contributed by atoms with Gasteiger partial charge < -0.3 is 9.84 Å². The van der Waals surface area contributed by atoms with Crippen molar-refractivity contribution in [1.29, 1.82) is 0 Å². The molecule has 0 aromatic carbocycles. The molecule has 4 heteroatoms. The van der Waals surface area contributed by atoms with Crippen LogP contribution in [0.5, 0.6) is 0 Å². The van der Waals surface area contributed by atoms with Crippen LogP contribution < -0.4 is 0 Å². The first-order valence-corrected chi connectivity index (χ1v) is 10.2. The van der Waals surface area contributed by atoms with E-state index in [-0.39, 0.29) is 29.6 Å². The normalized spacial score (nSPS) is 12.1. The molecule has 0 spiro atoms. The number of rotatable bonds is 17. The van der Waals surface area contributed by atoms with Gasteiger partial charge in [-0.3, -0.25) is 0 Å². The minimum atomic E-state index is -1.00. The Labute approximate surface area is 178 Å². The molecule has 0 saturated carbocycles. The molecule has 0 bridgehead atoms. The van der Waals surface area contributed by atoms with Gasteiger partial charge in [-0.15, -0.1) is 0 Å². The minimum absolute atomic E-state index is 0. The first kappa shape index (κ1) is 27.4. The molecule has 0 rings (SSSR count). The van der Waals surface area contributed by atoms with Gasteiger partial charge >= 0.3 is 35.5 Å². The summed E-state index contributed by atoms with van der Waals surface area (Å²) in [5.74, 6) is -0.511. The molecule has 0 aliphatic heterocycles. The van der Waals surface area contributed by atoms with E-state index in [4.69, 9.17) is 9.84 Å². The number of aliphatic hydroxyl groups excluding tert-OH is 1. The van der Waals surface area contributed by atoms with Crippen LogP contribution in [0, 0.1) is 0 Å². The van der Waals surface area contributed by atoms with Crippen molar-refractivity contribution in [3.63, 3.8) is 0 Å². The summed E-state index contributed by atoms with van der Waals surface area (Å²) in [5.41, 5.74) is 0. The summed E-state index contributed by atoms with van der Waals surface area (Å²) in [5, 5.41) is 8.98. The third kappa shape index (κ3) is 22.1. The first-order valence-electron chi connectivity index (χ1n) is 10.2. The van der Waals surface area contributed by atoms with Gasteiger partial charge in [-0.1, -0.05) is 76.9 Å². The van der Waals surface area contributed by atoms with Crippen molar-refractivity contribution in [1.82, 2.24) is 0 Å². The van der Waals surface area contributed by atoms with Crippen LogP contribution in [0.3, 0.4) is 0 Å². The fourth-order valence-electron chi connectivity index (χ4n) is 2.64. The van der Waals surface area contributed by atoms with Crippen molar-refractivity contribution < 1.29 is 14.6 Å². The van der Waals surface area contributed by atoms with Gasteiger partial charge in [0.15, 0.2) is 0 Å². The number of aliphatic hydroxyl groups is 1. The summed E-state index contributed by atoms with van der Waals surface area (Å²) in [7, 11) is 0. The van der Waals surface area contributed by atoms with Crippen LogP contribution in [-0.2, 0) is 9.53 Å². The van der Waals surface area contributed by atoms with E-state index in [0.717, 1.165) is 12.8 Å². The monoisotopic (exact) mass is 364 g/mol. The molecular weight excluding hydrogens is 323 g/mol. The van der Waals surface area contributed by atoms with Crippen molar-refractivity contribution in [2.75, 3.05) is 6.61 Å². The summed E-state index contributed by atoms with van der Waals surface area (Å²) in [6, 6.07) is 0. The third-order valence-electron chi connectivity index (χ3n) is 4.24. The summed E-state index contributed by atoms with van der Waals surface area (Å²) in [6.07, 6.45) is 21.5. The van der Waals surface area contributed by atoms with Gasteiger partial charge in [0, 0.05) is 0 Å². The molecule has 0 amide bonds. The van der Waals surface area contributed by atoms with Crippen molar-refractivity contribution in [3.8, 4) is 0 Å². The number of allylic oxidation sites excluding steroid dienone is 2. The van der Waals surface area contributed by atoms with Gasteiger partial charge in [-0.05, 0) is 39.0 Å². The molecule has 1 N–H and O–H groups in total. The number of carbonyl (C=O) groups excluding carboxylic acids is 1.